The first kappa shape index (κ1) is 18.1. The summed E-state index contributed by atoms with van der Waals surface area (Å²) >= 11 is 0. The van der Waals surface area contributed by atoms with Crippen LogP contribution < -0.4 is 9.47 Å². The van der Waals surface area contributed by atoms with E-state index in [1.54, 1.807) is 12.1 Å². The van der Waals surface area contributed by atoms with Crippen LogP contribution in [-0.2, 0) is 4.74 Å². The molecule has 0 aliphatic heterocycles. The Bertz CT molecular complexity index is 690. The molecule has 1 aromatic carbocycles. The summed E-state index contributed by atoms with van der Waals surface area (Å²) in [4.78, 5) is 14.1. The average Bonchev–Trinajstić information content (AvgIpc) is 2.90. The first-order valence-corrected chi connectivity index (χ1v) is 8.09. The highest BCUT2D eigenvalue weighted by molar-refractivity contribution is 5.95. The number of rotatable bonds is 8. The van der Waals surface area contributed by atoms with Crippen molar-refractivity contribution in [3.63, 3.8) is 0 Å². The number of nitrogens with zero attached hydrogens (tertiary/aromatic N) is 1. The van der Waals surface area contributed by atoms with Crippen molar-refractivity contribution in [3.8, 4) is 11.5 Å². The van der Waals surface area contributed by atoms with Crippen LogP contribution in [0.15, 0.2) is 22.6 Å². The number of benzene rings is 1. The van der Waals surface area contributed by atoms with E-state index < -0.39 is 5.97 Å². The number of furan rings is 1. The molecular formula is C18H25NO5. The van der Waals surface area contributed by atoms with E-state index in [4.69, 9.17) is 18.6 Å². The average molecular weight is 335 g/mol. The lowest BCUT2D eigenvalue weighted by Gasteiger charge is -2.11. The van der Waals surface area contributed by atoms with Gasteiger partial charge in [0.05, 0.1) is 18.1 Å². The number of ether oxygens (including phenoxy) is 3. The van der Waals surface area contributed by atoms with Gasteiger partial charge >= 0.3 is 5.97 Å². The van der Waals surface area contributed by atoms with Gasteiger partial charge in [-0.1, -0.05) is 0 Å². The number of carbonyl (C=O) groups is 1. The van der Waals surface area contributed by atoms with Gasteiger partial charge in [-0.2, -0.15) is 0 Å². The third-order valence-corrected chi connectivity index (χ3v) is 3.22. The van der Waals surface area contributed by atoms with Crippen molar-refractivity contribution in [2.24, 2.45) is 0 Å². The van der Waals surface area contributed by atoms with Crippen LogP contribution in [0.1, 0.15) is 31.3 Å². The summed E-state index contributed by atoms with van der Waals surface area (Å²) in [5.74, 6) is 0.942. The van der Waals surface area contributed by atoms with E-state index in [1.165, 1.54) is 0 Å². The number of hydrogen-bond acceptors (Lipinski definition) is 6. The predicted octanol–water partition coefficient (Wildman–Crippen LogP) is 3.34. The molecule has 6 nitrogen and oxygen atoms in total. The van der Waals surface area contributed by atoms with Gasteiger partial charge in [0.25, 0.3) is 0 Å². The first-order valence-electron chi connectivity index (χ1n) is 8.09. The van der Waals surface area contributed by atoms with Crippen molar-refractivity contribution in [2.45, 2.75) is 26.9 Å². The Labute approximate surface area is 142 Å². The molecule has 0 radical (unpaired) electrons. The lowest BCUT2D eigenvalue weighted by Crippen LogP contribution is -2.19. The normalized spacial score (nSPS) is 11.3. The second-order valence-electron chi connectivity index (χ2n) is 5.98. The number of esters is 1. The fraction of sp³-hybridized carbons (Fsp3) is 0.500. The summed E-state index contributed by atoms with van der Waals surface area (Å²) in [7, 11) is 3.83. The van der Waals surface area contributed by atoms with Crippen molar-refractivity contribution < 1.29 is 23.4 Å². The predicted molar refractivity (Wildman–Crippen MR) is 92.0 cm³/mol. The van der Waals surface area contributed by atoms with Crippen LogP contribution >= 0.6 is 0 Å². The molecule has 0 bridgehead atoms. The summed E-state index contributed by atoms with van der Waals surface area (Å²) in [6.45, 7) is 7.26. The lowest BCUT2D eigenvalue weighted by atomic mass is 10.2. The summed E-state index contributed by atoms with van der Waals surface area (Å²) < 4.78 is 22.2. The molecule has 0 N–H and O–H groups in total. The maximum atomic E-state index is 12.1. The van der Waals surface area contributed by atoms with Gasteiger partial charge in [-0.15, -0.1) is 0 Å². The summed E-state index contributed by atoms with van der Waals surface area (Å²) in [6, 6.07) is 5.22. The Balaban J connectivity index is 2.27. The highest BCUT2D eigenvalue weighted by Crippen LogP contribution is 2.34. The second kappa shape index (κ2) is 8.06. The highest BCUT2D eigenvalue weighted by atomic mass is 16.5. The monoisotopic (exact) mass is 335 g/mol. The van der Waals surface area contributed by atoms with Crippen LogP contribution in [0.3, 0.4) is 0 Å². The summed E-state index contributed by atoms with van der Waals surface area (Å²) in [5, 5.41) is 0.729. The third-order valence-electron chi connectivity index (χ3n) is 3.22. The maximum Gasteiger partial charge on any atom is 0.374 e. The van der Waals surface area contributed by atoms with Crippen molar-refractivity contribution >= 4 is 16.9 Å². The van der Waals surface area contributed by atoms with E-state index in [2.05, 4.69) is 0 Å². The standard InChI is InChI=1S/C18H25NO5/c1-6-21-15-9-13(23-12(2)3)10-16-14(15)11-17(24-16)18(20)22-8-7-19(4)5/h9-12H,6-8H2,1-5H3. The zero-order valence-electron chi connectivity index (χ0n) is 14.9. The minimum absolute atomic E-state index is 0.0300. The number of hydrogen-bond donors (Lipinski definition) is 0. The zero-order chi connectivity index (χ0) is 17.7. The smallest absolute Gasteiger partial charge is 0.374 e. The minimum Gasteiger partial charge on any atom is -0.493 e. The molecule has 1 aromatic heterocycles. The van der Waals surface area contributed by atoms with E-state index in [-0.39, 0.29) is 11.9 Å². The van der Waals surface area contributed by atoms with Crippen LogP contribution in [0.4, 0.5) is 0 Å². The molecule has 0 saturated heterocycles. The topological polar surface area (TPSA) is 61.1 Å². The van der Waals surface area contributed by atoms with Crippen molar-refractivity contribution in [2.75, 3.05) is 33.9 Å². The Morgan fingerprint density at radius 3 is 2.62 bits per heavy atom. The van der Waals surface area contributed by atoms with Gasteiger partial charge in [0.15, 0.2) is 0 Å². The van der Waals surface area contributed by atoms with Crippen LogP contribution in [0.2, 0.25) is 0 Å². The molecule has 2 rings (SSSR count). The highest BCUT2D eigenvalue weighted by Gasteiger charge is 2.18. The number of carbonyl (C=O) groups excluding carboxylic acids is 1. The molecule has 0 atom stereocenters. The van der Waals surface area contributed by atoms with E-state index in [0.717, 1.165) is 5.39 Å². The van der Waals surface area contributed by atoms with Crippen LogP contribution in [0.25, 0.3) is 11.0 Å². The first-order chi connectivity index (χ1) is 11.4. The van der Waals surface area contributed by atoms with Gasteiger partial charge in [0, 0.05) is 24.7 Å². The van der Waals surface area contributed by atoms with Crippen LogP contribution in [0, 0.1) is 0 Å². The van der Waals surface area contributed by atoms with E-state index in [1.807, 2.05) is 45.8 Å². The molecule has 0 saturated carbocycles. The molecule has 132 valence electrons. The molecule has 1 heterocycles. The molecular weight excluding hydrogens is 310 g/mol. The van der Waals surface area contributed by atoms with Crippen molar-refractivity contribution in [3.05, 3.63) is 24.0 Å². The molecule has 24 heavy (non-hydrogen) atoms. The quantitative estimate of drug-likeness (QED) is 0.690. The molecule has 6 heteroatoms. The van der Waals surface area contributed by atoms with Gasteiger partial charge in [-0.3, -0.25) is 0 Å². The maximum absolute atomic E-state index is 12.1. The van der Waals surface area contributed by atoms with Crippen molar-refractivity contribution in [1.29, 1.82) is 0 Å². The van der Waals surface area contributed by atoms with Crippen molar-refractivity contribution in [1.82, 2.24) is 4.90 Å². The largest absolute Gasteiger partial charge is 0.493 e. The molecule has 0 fully saturated rings. The lowest BCUT2D eigenvalue weighted by molar-refractivity contribution is 0.0448. The van der Waals surface area contributed by atoms with Gasteiger partial charge in [-0.05, 0) is 34.9 Å². The Morgan fingerprint density at radius 1 is 1.25 bits per heavy atom. The fourth-order valence-electron chi connectivity index (χ4n) is 2.19. The van der Waals surface area contributed by atoms with E-state index in [0.29, 0.717) is 36.8 Å². The number of fused-ring (bicyclic) bond motifs is 1. The van der Waals surface area contributed by atoms with Gasteiger partial charge < -0.3 is 23.5 Å². The minimum atomic E-state index is -0.484. The third kappa shape index (κ3) is 4.64. The Morgan fingerprint density at radius 2 is 2.00 bits per heavy atom. The van der Waals surface area contributed by atoms with Crippen LogP contribution in [0.5, 0.6) is 11.5 Å². The second-order valence-corrected chi connectivity index (χ2v) is 5.98. The molecule has 2 aromatic rings. The molecule has 0 aliphatic rings. The zero-order valence-corrected chi connectivity index (χ0v) is 14.9. The Kier molecular flexibility index (Phi) is 6.09. The van der Waals surface area contributed by atoms with Gasteiger partial charge in [0.1, 0.15) is 23.7 Å². The molecule has 0 spiro atoms. The summed E-state index contributed by atoms with van der Waals surface area (Å²) in [5.41, 5.74) is 0.538. The molecule has 0 aliphatic carbocycles. The van der Waals surface area contributed by atoms with E-state index >= 15 is 0 Å². The van der Waals surface area contributed by atoms with E-state index in [9.17, 15) is 4.79 Å². The fourth-order valence-corrected chi connectivity index (χ4v) is 2.19. The van der Waals surface area contributed by atoms with Gasteiger partial charge in [0.2, 0.25) is 5.76 Å². The molecule has 0 amide bonds. The SMILES string of the molecule is CCOc1cc(OC(C)C)cc2oc(C(=O)OCCN(C)C)cc12. The number of likely N-dealkylation sites (N-methyl/N-ethyl adjacent to an activating group) is 1. The summed E-state index contributed by atoms with van der Waals surface area (Å²) in [6.07, 6.45) is 0.0300. The van der Waals surface area contributed by atoms with Gasteiger partial charge in [-0.25, -0.2) is 4.79 Å². The Hall–Kier alpha value is -2.21. The molecule has 0 unspecified atom stereocenters. The van der Waals surface area contributed by atoms with Crippen LogP contribution in [-0.4, -0.2) is 50.8 Å².